The molecule has 3 aromatic rings. The van der Waals surface area contributed by atoms with E-state index in [1.165, 1.54) is 16.7 Å². The van der Waals surface area contributed by atoms with E-state index in [-0.39, 0.29) is 34.1 Å². The van der Waals surface area contributed by atoms with Gasteiger partial charge in [-0.3, -0.25) is 4.57 Å². The van der Waals surface area contributed by atoms with Crippen molar-refractivity contribution in [1.82, 2.24) is 4.57 Å². The highest BCUT2D eigenvalue weighted by molar-refractivity contribution is 6.38. The molecule has 5 nitrogen and oxygen atoms in total. The largest absolute Gasteiger partial charge is 0.493 e. The van der Waals surface area contributed by atoms with Gasteiger partial charge in [-0.2, -0.15) is 0 Å². The molecule has 0 N–H and O–H groups in total. The van der Waals surface area contributed by atoms with Gasteiger partial charge in [0.1, 0.15) is 5.75 Å². The van der Waals surface area contributed by atoms with Crippen LogP contribution in [0.25, 0.3) is 10.9 Å². The van der Waals surface area contributed by atoms with Crippen LogP contribution >= 0.6 is 46.4 Å². The molecule has 0 saturated heterocycles. The Labute approximate surface area is 167 Å². The zero-order valence-corrected chi connectivity index (χ0v) is 16.1. The first-order valence-corrected chi connectivity index (χ1v) is 8.98. The normalized spacial score (nSPS) is 11.1. The Morgan fingerprint density at radius 1 is 0.923 bits per heavy atom. The number of hydrogen-bond donors (Lipinski definition) is 0. The quantitative estimate of drug-likeness (QED) is 0.528. The highest BCUT2D eigenvalue weighted by Crippen LogP contribution is 2.26. The van der Waals surface area contributed by atoms with Crippen molar-refractivity contribution in [1.29, 1.82) is 0 Å². The van der Waals surface area contributed by atoms with Gasteiger partial charge in [-0.1, -0.05) is 46.4 Å². The first kappa shape index (κ1) is 19.1. The van der Waals surface area contributed by atoms with E-state index in [1.807, 2.05) is 0 Å². The zero-order chi connectivity index (χ0) is 18.8. The fraction of sp³-hybridized carbons (Fsp3) is 0.176. The van der Waals surface area contributed by atoms with Gasteiger partial charge in [0, 0.05) is 21.6 Å². The van der Waals surface area contributed by atoms with Gasteiger partial charge in [0.05, 0.1) is 22.5 Å². The standard InChI is InChI=1S/C17H11Cl4NO4/c18-9-4-10(19)6-12(5-9)25-3-1-2-22-15-13(16(23)26-17(22)24)7-11(20)8-14(15)21/h4-8H,1-3H2. The minimum Gasteiger partial charge on any atom is -0.493 e. The Kier molecular flexibility index (Phi) is 5.82. The van der Waals surface area contributed by atoms with Gasteiger partial charge in [-0.25, -0.2) is 9.59 Å². The smallest absolute Gasteiger partial charge is 0.422 e. The third kappa shape index (κ3) is 4.18. The number of nitrogens with zero attached hydrogens (tertiary/aromatic N) is 1. The average Bonchev–Trinajstić information content (AvgIpc) is 2.53. The Morgan fingerprint density at radius 3 is 2.27 bits per heavy atom. The molecule has 0 spiro atoms. The number of ether oxygens (including phenoxy) is 1. The van der Waals surface area contributed by atoms with Gasteiger partial charge < -0.3 is 9.15 Å². The molecule has 0 unspecified atom stereocenters. The van der Waals surface area contributed by atoms with Crippen LogP contribution in [0.3, 0.4) is 0 Å². The molecular formula is C17H11Cl4NO4. The van der Waals surface area contributed by atoms with Crippen LogP contribution in [0.5, 0.6) is 5.75 Å². The van der Waals surface area contributed by atoms with Gasteiger partial charge in [0.2, 0.25) is 0 Å². The molecule has 0 aliphatic heterocycles. The van der Waals surface area contributed by atoms with E-state index in [9.17, 15) is 9.59 Å². The summed E-state index contributed by atoms with van der Waals surface area (Å²) in [6.45, 7) is 0.518. The summed E-state index contributed by atoms with van der Waals surface area (Å²) in [5.74, 6) is -0.276. The van der Waals surface area contributed by atoms with Crippen molar-refractivity contribution in [2.45, 2.75) is 13.0 Å². The third-order valence-corrected chi connectivity index (χ3v) is 4.49. The van der Waals surface area contributed by atoms with Crippen LogP contribution in [0.15, 0.2) is 44.3 Å². The predicted molar refractivity (Wildman–Crippen MR) is 103 cm³/mol. The molecule has 9 heteroatoms. The topological polar surface area (TPSA) is 61.4 Å². The molecule has 0 saturated carbocycles. The van der Waals surface area contributed by atoms with Crippen LogP contribution in [0.4, 0.5) is 0 Å². The molecule has 0 atom stereocenters. The van der Waals surface area contributed by atoms with Crippen LogP contribution in [0.1, 0.15) is 6.42 Å². The highest BCUT2D eigenvalue weighted by atomic mass is 35.5. The summed E-state index contributed by atoms with van der Waals surface area (Å²) in [7, 11) is 0. The number of aromatic nitrogens is 1. The molecular weight excluding hydrogens is 424 g/mol. The molecule has 2 aromatic carbocycles. The van der Waals surface area contributed by atoms with Gasteiger partial charge >= 0.3 is 11.4 Å². The molecule has 1 heterocycles. The summed E-state index contributed by atoms with van der Waals surface area (Å²) >= 11 is 23.9. The number of hydrogen-bond acceptors (Lipinski definition) is 4. The van der Waals surface area contributed by atoms with Crippen LogP contribution in [-0.4, -0.2) is 11.2 Å². The maximum Gasteiger partial charge on any atom is 0.422 e. The molecule has 0 fully saturated rings. The van der Waals surface area contributed by atoms with Crippen molar-refractivity contribution in [3.05, 3.63) is 71.4 Å². The van der Waals surface area contributed by atoms with Crippen molar-refractivity contribution in [3.8, 4) is 5.75 Å². The third-order valence-electron chi connectivity index (χ3n) is 3.55. The molecule has 0 bridgehead atoms. The second-order valence-corrected chi connectivity index (χ2v) is 7.11. The summed E-state index contributed by atoms with van der Waals surface area (Å²) in [6, 6.07) is 7.74. The second-order valence-electron chi connectivity index (χ2n) is 5.40. The van der Waals surface area contributed by atoms with Gasteiger partial charge in [-0.15, -0.1) is 0 Å². The lowest BCUT2D eigenvalue weighted by molar-refractivity contribution is 0.296. The average molecular weight is 435 g/mol. The van der Waals surface area contributed by atoms with E-state index in [4.69, 9.17) is 55.6 Å². The summed E-state index contributed by atoms with van der Waals surface area (Å²) in [5, 5.41) is 1.54. The summed E-state index contributed by atoms with van der Waals surface area (Å²) < 4.78 is 11.6. The maximum atomic E-state index is 12.1. The van der Waals surface area contributed by atoms with E-state index in [2.05, 4.69) is 0 Å². The van der Waals surface area contributed by atoms with Crippen molar-refractivity contribution in [3.63, 3.8) is 0 Å². The minimum absolute atomic E-state index is 0.143. The van der Waals surface area contributed by atoms with E-state index in [0.29, 0.717) is 22.2 Å². The van der Waals surface area contributed by atoms with Gasteiger partial charge in [0.25, 0.3) is 0 Å². The van der Waals surface area contributed by atoms with Gasteiger partial charge in [0.15, 0.2) is 0 Å². The lowest BCUT2D eigenvalue weighted by Crippen LogP contribution is -2.26. The molecule has 0 radical (unpaired) electrons. The van der Waals surface area contributed by atoms with E-state index >= 15 is 0 Å². The van der Waals surface area contributed by atoms with Crippen LogP contribution in [0, 0.1) is 0 Å². The first-order valence-electron chi connectivity index (χ1n) is 7.47. The molecule has 0 amide bonds. The van der Waals surface area contributed by atoms with E-state index in [1.54, 1.807) is 18.2 Å². The Hall–Kier alpha value is -1.66. The van der Waals surface area contributed by atoms with E-state index < -0.39 is 11.4 Å². The number of benzene rings is 2. The molecule has 0 aliphatic rings. The molecule has 0 aliphatic carbocycles. The fourth-order valence-corrected chi connectivity index (χ4v) is 3.61. The minimum atomic E-state index is -0.794. The second kappa shape index (κ2) is 7.92. The lowest BCUT2D eigenvalue weighted by Gasteiger charge is -2.11. The van der Waals surface area contributed by atoms with Crippen molar-refractivity contribution in [2.24, 2.45) is 0 Å². The summed E-state index contributed by atoms with van der Waals surface area (Å²) in [6.07, 6.45) is 0.450. The predicted octanol–water partition coefficient (Wildman–Crippen LogP) is 5.04. The molecule has 136 valence electrons. The van der Waals surface area contributed by atoms with Crippen LogP contribution < -0.4 is 16.1 Å². The Morgan fingerprint density at radius 2 is 1.58 bits per heavy atom. The monoisotopic (exact) mass is 433 g/mol. The maximum absolute atomic E-state index is 12.1. The van der Waals surface area contributed by atoms with Crippen molar-refractivity contribution in [2.75, 3.05) is 6.61 Å². The first-order chi connectivity index (χ1) is 12.3. The Bertz CT molecular complexity index is 1070. The fourth-order valence-electron chi connectivity index (χ4n) is 2.50. The number of fused-ring (bicyclic) bond motifs is 1. The zero-order valence-electron chi connectivity index (χ0n) is 13.1. The number of rotatable bonds is 5. The molecule has 26 heavy (non-hydrogen) atoms. The SMILES string of the molecule is O=c1oc(=O)n(CCCOc2cc(Cl)cc(Cl)c2)c2c(Cl)cc(Cl)cc12. The van der Waals surface area contributed by atoms with Crippen LogP contribution in [-0.2, 0) is 6.54 Å². The van der Waals surface area contributed by atoms with Crippen molar-refractivity contribution >= 4 is 57.3 Å². The lowest BCUT2D eigenvalue weighted by atomic mass is 10.2. The van der Waals surface area contributed by atoms with Gasteiger partial charge in [-0.05, 0) is 36.8 Å². The van der Waals surface area contributed by atoms with Crippen LogP contribution in [0.2, 0.25) is 20.1 Å². The molecule has 3 rings (SSSR count). The van der Waals surface area contributed by atoms with E-state index in [0.717, 1.165) is 0 Å². The number of aryl methyl sites for hydroxylation is 1. The number of halogens is 4. The van der Waals surface area contributed by atoms with Crippen molar-refractivity contribution < 1.29 is 9.15 Å². The summed E-state index contributed by atoms with van der Waals surface area (Å²) in [5.41, 5.74) is -0.501. The molecule has 1 aromatic heterocycles. The highest BCUT2D eigenvalue weighted by Gasteiger charge is 2.14. The summed E-state index contributed by atoms with van der Waals surface area (Å²) in [4.78, 5) is 24.0. The Balaban J connectivity index is 1.81.